The summed E-state index contributed by atoms with van der Waals surface area (Å²) in [6.45, 7) is 22.0. The molecule has 7 saturated heterocycles. The van der Waals surface area contributed by atoms with Crippen LogP contribution in [-0.4, -0.2) is 320 Å². The standard InChI is InChI=1S/C15H24N3O4P.C14H22N3O4P.3C14H24N3O4P/c1-9-7-18(14(20)17-12(9)16)13-10-11(19)15(22-13,8-21-10)5-6-23(2,3)4;1-22(2,3)7-5-14-8-20-10(11(14)18)12(21-14)17-6-4-9(15)16-13(17)19;2*1-14(20)11(18)9(6-8-22(2,3)4)21-12(14)17-7-5-10(15)16-13(17)19;1-14(6-8-22(2,3)4)11(19)10(18)12(21-14)17-7-5-9(15)16-13(17)20/h7,10-11,13,19H,2,5-6,8H2,1,3-4H3,(H2,16,17,20);4,6,10-12,18H,1,5,7-8H2,2-3H3,(H2,15,16,19);2*5,7,9,11-12,18,20H,2,6,8H2,1,3-4H3,(H2,15,16,19);5,7,10-12,18-19H,2,6,8H2,1,3-4H3,(H2,15,16,20)/t10-,11+,13-,15+;10-,11+,12-,14+;9-,11-,12-,14+;9-,11-,12-,14-;10-,11+,12-,14-/m11111/s1. The lowest BCUT2D eigenvalue weighted by molar-refractivity contribution is -0.175. The summed E-state index contributed by atoms with van der Waals surface area (Å²) < 4.78 is 47.1. The maximum atomic E-state index is 12.1. The van der Waals surface area contributed by atoms with E-state index < -0.39 is 183 Å². The third kappa shape index (κ3) is 21.7. The highest BCUT2D eigenvalue weighted by molar-refractivity contribution is 7.73. The molecule has 5 aromatic heterocycles. The molecule has 0 amide bonds. The zero-order valence-corrected chi connectivity index (χ0v) is 70.4. The smallest absolute Gasteiger partial charge is 0.351 e. The van der Waals surface area contributed by atoms with Gasteiger partial charge in [0.05, 0.1) is 31.0 Å². The largest absolute Gasteiger partial charge is 0.387 e. The number of hydrogen-bond acceptors (Lipinski definition) is 30. The Morgan fingerprint density at radius 3 is 1.10 bits per heavy atom. The Morgan fingerprint density at radius 2 is 0.757 bits per heavy atom. The van der Waals surface area contributed by atoms with Crippen LogP contribution in [0.5, 0.6) is 0 Å². The molecule has 4 bridgehead atoms. The van der Waals surface area contributed by atoms with E-state index in [4.69, 9.17) is 61.8 Å². The predicted octanol–water partition coefficient (Wildman–Crippen LogP) is 0.0149. The Morgan fingerprint density at radius 1 is 0.441 bits per heavy atom. The lowest BCUT2D eigenvalue weighted by Gasteiger charge is -2.32. The van der Waals surface area contributed by atoms with Crippen molar-refractivity contribution in [3.63, 3.8) is 0 Å². The molecule has 7 aliphatic heterocycles. The SMILES string of the molecule is C=P(C)(C)CC[C@@]1(C)O[C@@H](n2ccc(N)nc2=O)[C@H](O)[C@@H]1O.C=P(C)(C)CC[C@@]12CO[C@@H]([C@H](n3cc(C)c(N)nc3=O)O1)[C@@H]2O.C=P(C)(C)CC[C@@]12CO[C@@H]([C@H](n3ccc(N)nc3=O)O1)[C@@H]2O.C=P(C)(C)CC[C@H]1O[C@@H](n2ccc(N)nc2=O)[C@@](C)(O)[C@@H]1O.C=P(C)(C)CC[C@H]1O[C@@H](n2ccc(N)nc2=O)[C@](C)(O)[C@@H]1O. The number of aliphatic hydroxyl groups is 8. The van der Waals surface area contributed by atoms with Crippen LogP contribution in [-0.2, 0) is 33.2 Å². The van der Waals surface area contributed by atoms with E-state index in [1.54, 1.807) is 20.0 Å². The van der Waals surface area contributed by atoms with E-state index in [0.29, 0.717) is 50.9 Å². The minimum absolute atomic E-state index is 0.0968. The van der Waals surface area contributed by atoms with Gasteiger partial charge >= 0.3 is 28.4 Å². The fourth-order valence-electron chi connectivity index (χ4n) is 13.7. The molecule has 5 aromatic rings. The quantitative estimate of drug-likeness (QED) is 0.0457. The Labute approximate surface area is 646 Å². The van der Waals surface area contributed by atoms with Crippen molar-refractivity contribution in [3.8, 4) is 0 Å². The monoisotopic (exact) mass is 1660 g/mol. The first-order valence-electron chi connectivity index (χ1n) is 36.1. The van der Waals surface area contributed by atoms with Gasteiger partial charge in [-0.15, -0.1) is 65.9 Å². The van der Waals surface area contributed by atoms with Crippen LogP contribution in [0.2, 0.25) is 0 Å². The minimum atomic E-state index is -1.59. The van der Waals surface area contributed by atoms with Crippen LogP contribution in [0.4, 0.5) is 29.1 Å². The molecule has 0 radical (unpaired) electrons. The van der Waals surface area contributed by atoms with Crippen molar-refractivity contribution in [2.45, 2.75) is 180 Å². The third-order valence-corrected chi connectivity index (χ3v) is 27.8. The summed E-state index contributed by atoms with van der Waals surface area (Å²) >= 11 is 0. The highest BCUT2D eigenvalue weighted by atomic mass is 31.2. The van der Waals surface area contributed by atoms with Gasteiger partial charge in [0.2, 0.25) is 0 Å². The van der Waals surface area contributed by atoms with E-state index in [-0.39, 0.29) is 29.1 Å². The normalized spacial score (nSPS) is 32.9. The molecule has 0 aliphatic carbocycles. The number of fused-ring (bicyclic) bond motifs is 4. The van der Waals surface area contributed by atoms with Gasteiger partial charge in [-0.25, -0.2) is 24.0 Å². The van der Waals surface area contributed by atoms with Gasteiger partial charge in [0.1, 0.15) is 100 Å². The fraction of sp³-hybridized carbons (Fsp3) is 0.648. The first-order chi connectivity index (χ1) is 50.9. The van der Waals surface area contributed by atoms with Crippen molar-refractivity contribution in [1.82, 2.24) is 47.8 Å². The van der Waals surface area contributed by atoms with Gasteiger partial charge in [0.15, 0.2) is 31.1 Å². The number of ether oxygens (including phenoxy) is 7. The molecule has 40 heteroatoms. The molecule has 0 aromatic carbocycles. The van der Waals surface area contributed by atoms with Crippen LogP contribution in [0.3, 0.4) is 0 Å². The van der Waals surface area contributed by atoms with E-state index in [1.165, 1.54) is 72.0 Å². The number of nitrogen functional groups attached to an aromatic ring is 5. The van der Waals surface area contributed by atoms with E-state index in [1.807, 2.05) is 0 Å². The number of aromatic nitrogens is 10. The van der Waals surface area contributed by atoms with Crippen molar-refractivity contribution in [2.75, 3.05) is 139 Å². The van der Waals surface area contributed by atoms with Crippen LogP contribution in [0.1, 0.15) is 89.6 Å². The summed E-state index contributed by atoms with van der Waals surface area (Å²) in [5, 5.41) is 83.6. The van der Waals surface area contributed by atoms with Gasteiger partial charge < -0.3 is 103 Å². The lowest BCUT2D eigenvalue weighted by Crippen LogP contribution is -2.45. The lowest BCUT2D eigenvalue weighted by atomic mass is 9.95. The summed E-state index contributed by atoms with van der Waals surface area (Å²) in [6.07, 6.45) is 22.9. The van der Waals surface area contributed by atoms with Crippen LogP contribution in [0.25, 0.3) is 0 Å². The number of hydrogen-bond donors (Lipinski definition) is 13. The third-order valence-electron chi connectivity index (χ3n) is 20.6. The molecule has 0 spiro atoms. The first-order valence-corrected chi connectivity index (χ1v) is 51.4. The Balaban J connectivity index is 0.000000174. The van der Waals surface area contributed by atoms with Gasteiger partial charge in [0.25, 0.3) is 0 Å². The van der Waals surface area contributed by atoms with Gasteiger partial charge in [-0.1, -0.05) is 0 Å². The van der Waals surface area contributed by atoms with Crippen LogP contribution >= 0.6 is 34.4 Å². The molecule has 7 fully saturated rings. The van der Waals surface area contributed by atoms with Gasteiger partial charge in [-0.3, -0.25) is 22.8 Å². The van der Waals surface area contributed by atoms with E-state index >= 15 is 0 Å². The molecule has 0 saturated carbocycles. The zero-order chi connectivity index (χ0) is 83.2. The summed E-state index contributed by atoms with van der Waals surface area (Å²) in [4.78, 5) is 78.3. The molecule has 7 aliphatic rings. The molecule has 111 heavy (non-hydrogen) atoms. The second-order valence-electron chi connectivity index (χ2n) is 34.0. The van der Waals surface area contributed by atoms with Crippen molar-refractivity contribution in [1.29, 1.82) is 0 Å². The molecule has 20 atom stereocenters. The van der Waals surface area contributed by atoms with Crippen molar-refractivity contribution in [3.05, 3.63) is 113 Å². The van der Waals surface area contributed by atoms with Crippen molar-refractivity contribution >= 4 is 95.0 Å². The number of aliphatic hydroxyl groups excluding tert-OH is 6. The van der Waals surface area contributed by atoms with Crippen LogP contribution in [0.15, 0.2) is 79.2 Å². The van der Waals surface area contributed by atoms with Crippen LogP contribution in [0, 0.1) is 6.92 Å². The maximum absolute atomic E-state index is 12.1. The maximum Gasteiger partial charge on any atom is 0.351 e. The summed E-state index contributed by atoms with van der Waals surface area (Å²) in [5.41, 5.74) is 19.7. The molecule has 12 rings (SSSR count). The number of anilines is 5. The summed E-state index contributed by atoms with van der Waals surface area (Å²) in [7, 11) is 0. The summed E-state index contributed by atoms with van der Waals surface area (Å²) in [5.74, 6) is 0.651. The molecule has 18 N–H and O–H groups in total. The van der Waals surface area contributed by atoms with Crippen LogP contribution < -0.4 is 57.1 Å². The second kappa shape index (κ2) is 34.2. The molecular weight excluding hydrogens is 1540 g/mol. The zero-order valence-electron chi connectivity index (χ0n) is 65.9. The second-order valence-corrected chi connectivity index (χ2v) is 55.6. The Kier molecular flexibility index (Phi) is 28.0. The molecule has 622 valence electrons. The highest BCUT2D eigenvalue weighted by Crippen LogP contribution is 2.52. The van der Waals surface area contributed by atoms with Crippen molar-refractivity contribution in [2.24, 2.45) is 0 Å². The average Bonchev–Trinajstić information content (AvgIpc) is 1.58. The van der Waals surface area contributed by atoms with E-state index in [0.717, 1.165) is 44.5 Å². The van der Waals surface area contributed by atoms with Gasteiger partial charge in [-0.2, -0.15) is 24.9 Å². The van der Waals surface area contributed by atoms with E-state index in [2.05, 4.69) is 123 Å². The topological polar surface area (TPSA) is 531 Å². The fourth-order valence-corrected chi connectivity index (χ4v) is 18.6. The Bertz CT molecular complexity index is 4550. The van der Waals surface area contributed by atoms with Gasteiger partial charge in [0, 0.05) is 36.5 Å². The number of nitrogens with two attached hydrogens (primary N) is 5. The summed E-state index contributed by atoms with van der Waals surface area (Å²) in [6, 6.07) is 5.88. The van der Waals surface area contributed by atoms with Gasteiger partial charge in [-0.05, 0) is 182 Å². The minimum Gasteiger partial charge on any atom is -0.387 e. The Hall–Kier alpha value is -5.70. The van der Waals surface area contributed by atoms with E-state index in [9.17, 15) is 64.8 Å². The average molecular weight is 1660 g/mol. The van der Waals surface area contributed by atoms with Crippen molar-refractivity contribution < 1.29 is 74.0 Å². The molecule has 0 unspecified atom stereocenters. The number of nitrogens with zero attached hydrogens (tertiary/aromatic N) is 10. The predicted molar refractivity (Wildman–Crippen MR) is 445 cm³/mol. The first kappa shape index (κ1) is 90.8. The highest BCUT2D eigenvalue weighted by Gasteiger charge is 2.63. The molecular formula is C71H118N15O20P5. The molecule has 12 heterocycles. The molecule has 35 nitrogen and oxygen atoms in total. The number of rotatable bonds is 20. The number of aryl methyl sites for hydroxylation is 1.